The first-order chi connectivity index (χ1) is 8.65. The Hall–Kier alpha value is -1.20. The zero-order valence-electron chi connectivity index (χ0n) is 9.68. The molecular formula is C12H11BrClN3O. The molecular weight excluding hydrogens is 318 g/mol. The van der Waals surface area contributed by atoms with Crippen LogP contribution in [0.3, 0.4) is 0 Å². The third-order valence-electron chi connectivity index (χ3n) is 2.69. The lowest BCUT2D eigenvalue weighted by molar-refractivity contribution is 0.101. The van der Waals surface area contributed by atoms with Crippen LogP contribution in [0.1, 0.15) is 29.0 Å². The third kappa shape index (κ3) is 2.47. The van der Waals surface area contributed by atoms with Crippen LogP contribution in [0.5, 0.6) is 0 Å². The highest BCUT2D eigenvalue weighted by Gasteiger charge is 2.22. The number of carbonyl (C=O) groups is 1. The Morgan fingerprint density at radius 1 is 1.44 bits per heavy atom. The van der Waals surface area contributed by atoms with E-state index in [0.717, 1.165) is 5.56 Å². The fourth-order valence-corrected chi connectivity index (χ4v) is 2.22. The van der Waals surface area contributed by atoms with E-state index in [4.69, 9.17) is 11.6 Å². The molecule has 0 amide bonds. The summed E-state index contributed by atoms with van der Waals surface area (Å²) in [6.07, 6.45) is 0. The summed E-state index contributed by atoms with van der Waals surface area (Å²) in [5.41, 5.74) is 1.38. The molecule has 0 radical (unpaired) electrons. The molecule has 0 aliphatic heterocycles. The van der Waals surface area contributed by atoms with Crippen molar-refractivity contribution in [1.29, 1.82) is 0 Å². The molecule has 1 heterocycles. The van der Waals surface area contributed by atoms with Crippen LogP contribution in [0.15, 0.2) is 30.3 Å². The number of halogens is 2. The number of alkyl halides is 1. The first-order valence-corrected chi connectivity index (χ1v) is 6.90. The van der Waals surface area contributed by atoms with E-state index in [-0.39, 0.29) is 22.3 Å². The maximum absolute atomic E-state index is 11.8. The van der Waals surface area contributed by atoms with Crippen molar-refractivity contribution in [1.82, 2.24) is 15.0 Å². The standard InChI is InChI=1S/C12H11BrClN3O/c1-8(9-5-3-2-4-6-9)17-11(10(18)7-13)12(14)15-16-17/h2-6,8H,7H2,1H3/t8-/m1/s1. The number of nitrogens with zero attached hydrogens (tertiary/aromatic N) is 3. The molecule has 0 fully saturated rings. The molecule has 0 saturated heterocycles. The predicted molar refractivity (Wildman–Crippen MR) is 73.4 cm³/mol. The van der Waals surface area contributed by atoms with Crippen molar-refractivity contribution in [2.75, 3.05) is 5.33 Å². The molecule has 4 nitrogen and oxygen atoms in total. The van der Waals surface area contributed by atoms with Crippen molar-refractivity contribution in [2.45, 2.75) is 13.0 Å². The summed E-state index contributed by atoms with van der Waals surface area (Å²) < 4.78 is 1.56. The molecule has 2 aromatic rings. The molecule has 0 spiro atoms. The van der Waals surface area contributed by atoms with Gasteiger partial charge in [0.15, 0.2) is 10.9 Å². The van der Waals surface area contributed by atoms with Crippen LogP contribution < -0.4 is 0 Å². The summed E-state index contributed by atoms with van der Waals surface area (Å²) in [4.78, 5) is 11.8. The minimum atomic E-state index is -0.132. The van der Waals surface area contributed by atoms with E-state index in [1.165, 1.54) is 0 Å². The smallest absolute Gasteiger partial charge is 0.194 e. The van der Waals surface area contributed by atoms with Gasteiger partial charge in [-0.2, -0.15) is 0 Å². The van der Waals surface area contributed by atoms with E-state index in [9.17, 15) is 4.79 Å². The highest BCUT2D eigenvalue weighted by atomic mass is 79.9. The largest absolute Gasteiger partial charge is 0.291 e. The van der Waals surface area contributed by atoms with Gasteiger partial charge >= 0.3 is 0 Å². The van der Waals surface area contributed by atoms with Crippen LogP contribution in [-0.4, -0.2) is 26.1 Å². The summed E-state index contributed by atoms with van der Waals surface area (Å²) in [6, 6.07) is 9.68. The lowest BCUT2D eigenvalue weighted by Crippen LogP contribution is -2.16. The van der Waals surface area contributed by atoms with Crippen LogP contribution in [-0.2, 0) is 0 Å². The molecule has 1 aromatic heterocycles. The van der Waals surface area contributed by atoms with Crippen LogP contribution in [0, 0.1) is 0 Å². The van der Waals surface area contributed by atoms with Crippen molar-refractivity contribution < 1.29 is 4.79 Å². The van der Waals surface area contributed by atoms with E-state index in [0.29, 0.717) is 5.69 Å². The Labute approximate surface area is 118 Å². The number of Topliss-reactive ketones (excluding diaryl/α,β-unsaturated/α-hetero) is 1. The normalized spacial score (nSPS) is 12.4. The minimum absolute atomic E-state index is 0.0933. The molecule has 2 rings (SSSR count). The number of aromatic nitrogens is 3. The van der Waals surface area contributed by atoms with E-state index in [1.807, 2.05) is 37.3 Å². The van der Waals surface area contributed by atoms with Crippen molar-refractivity contribution in [2.24, 2.45) is 0 Å². The topological polar surface area (TPSA) is 47.8 Å². The number of rotatable bonds is 4. The van der Waals surface area contributed by atoms with E-state index in [1.54, 1.807) is 4.68 Å². The Balaban J connectivity index is 2.43. The monoisotopic (exact) mass is 327 g/mol. The second-order valence-electron chi connectivity index (χ2n) is 3.82. The first kappa shape index (κ1) is 13.2. The van der Waals surface area contributed by atoms with Gasteiger partial charge in [-0.05, 0) is 12.5 Å². The van der Waals surface area contributed by atoms with E-state index < -0.39 is 0 Å². The van der Waals surface area contributed by atoms with Crippen LogP contribution >= 0.6 is 27.5 Å². The number of hydrogen-bond donors (Lipinski definition) is 0. The fraction of sp³-hybridized carbons (Fsp3) is 0.250. The molecule has 94 valence electrons. The average molecular weight is 329 g/mol. The minimum Gasteiger partial charge on any atom is -0.291 e. The van der Waals surface area contributed by atoms with Crippen LogP contribution in [0.4, 0.5) is 0 Å². The lowest BCUT2D eigenvalue weighted by atomic mass is 10.1. The van der Waals surface area contributed by atoms with Gasteiger partial charge < -0.3 is 0 Å². The van der Waals surface area contributed by atoms with Gasteiger partial charge in [0.2, 0.25) is 0 Å². The second-order valence-corrected chi connectivity index (χ2v) is 4.74. The van der Waals surface area contributed by atoms with Gasteiger partial charge in [-0.25, -0.2) is 4.68 Å². The van der Waals surface area contributed by atoms with Crippen molar-refractivity contribution in [3.63, 3.8) is 0 Å². The maximum atomic E-state index is 11.8. The van der Waals surface area contributed by atoms with E-state index in [2.05, 4.69) is 26.2 Å². The van der Waals surface area contributed by atoms with Gasteiger partial charge in [0.1, 0.15) is 5.69 Å². The first-order valence-electron chi connectivity index (χ1n) is 5.40. The van der Waals surface area contributed by atoms with Gasteiger partial charge in [0.05, 0.1) is 11.4 Å². The molecule has 6 heteroatoms. The number of hydrogen-bond acceptors (Lipinski definition) is 3. The zero-order valence-corrected chi connectivity index (χ0v) is 12.0. The van der Waals surface area contributed by atoms with Gasteiger partial charge in [0.25, 0.3) is 0 Å². The second kappa shape index (κ2) is 5.63. The average Bonchev–Trinajstić information content (AvgIpc) is 2.80. The quantitative estimate of drug-likeness (QED) is 0.640. The Bertz CT molecular complexity index is 556. The molecule has 0 saturated carbocycles. The molecule has 0 unspecified atom stereocenters. The molecule has 0 aliphatic rings. The van der Waals surface area contributed by atoms with Gasteiger partial charge in [-0.15, -0.1) is 5.10 Å². The molecule has 0 aliphatic carbocycles. The Morgan fingerprint density at radius 3 is 2.72 bits per heavy atom. The molecule has 18 heavy (non-hydrogen) atoms. The van der Waals surface area contributed by atoms with Gasteiger partial charge in [-0.1, -0.05) is 63.1 Å². The number of ketones is 1. The number of benzene rings is 1. The summed E-state index contributed by atoms with van der Waals surface area (Å²) in [5, 5.41) is 8.06. The summed E-state index contributed by atoms with van der Waals surface area (Å²) in [6.45, 7) is 1.95. The molecule has 1 aromatic carbocycles. The van der Waals surface area contributed by atoms with Crippen molar-refractivity contribution >= 4 is 33.3 Å². The zero-order chi connectivity index (χ0) is 13.1. The fourth-order valence-electron chi connectivity index (χ4n) is 1.72. The summed E-state index contributed by atoms with van der Waals surface area (Å²) in [7, 11) is 0. The van der Waals surface area contributed by atoms with Gasteiger partial charge in [-0.3, -0.25) is 4.79 Å². The third-order valence-corrected chi connectivity index (χ3v) is 3.45. The predicted octanol–water partition coefficient (Wildman–Crippen LogP) is 3.12. The summed E-state index contributed by atoms with van der Waals surface area (Å²) in [5.74, 6) is -0.132. The SMILES string of the molecule is C[C@H](c1ccccc1)n1nnc(Cl)c1C(=O)CBr. The molecule has 0 bridgehead atoms. The maximum Gasteiger partial charge on any atom is 0.194 e. The van der Waals surface area contributed by atoms with E-state index >= 15 is 0 Å². The molecule has 0 N–H and O–H groups in total. The Kier molecular flexibility index (Phi) is 4.14. The molecule has 1 atom stereocenters. The lowest BCUT2D eigenvalue weighted by Gasteiger charge is -2.14. The van der Waals surface area contributed by atoms with Crippen molar-refractivity contribution in [3.8, 4) is 0 Å². The number of carbonyl (C=O) groups excluding carboxylic acids is 1. The highest BCUT2D eigenvalue weighted by Crippen LogP contribution is 2.22. The highest BCUT2D eigenvalue weighted by molar-refractivity contribution is 9.09. The van der Waals surface area contributed by atoms with Crippen molar-refractivity contribution in [3.05, 3.63) is 46.7 Å². The Morgan fingerprint density at radius 2 is 2.11 bits per heavy atom. The summed E-state index contributed by atoms with van der Waals surface area (Å²) >= 11 is 9.05. The van der Waals surface area contributed by atoms with Crippen LogP contribution in [0.2, 0.25) is 5.15 Å². The van der Waals surface area contributed by atoms with Gasteiger partial charge in [0, 0.05) is 0 Å². The van der Waals surface area contributed by atoms with Crippen LogP contribution in [0.25, 0.3) is 0 Å².